The fourth-order valence-corrected chi connectivity index (χ4v) is 3.89. The van der Waals surface area contributed by atoms with Crippen molar-refractivity contribution < 1.29 is 19.1 Å². The van der Waals surface area contributed by atoms with E-state index in [1.807, 2.05) is 45.0 Å². The monoisotopic (exact) mass is 487 g/mol. The molecule has 2 unspecified atom stereocenters. The Bertz CT molecular complexity index is 1060. The van der Waals surface area contributed by atoms with Crippen molar-refractivity contribution in [2.24, 2.45) is 0 Å². The highest BCUT2D eigenvalue weighted by molar-refractivity contribution is 6.34. The predicted octanol–water partition coefficient (Wildman–Crippen LogP) is 5.32. The van der Waals surface area contributed by atoms with Gasteiger partial charge in [-0.1, -0.05) is 47.5 Å². The number of carbonyl (C=O) groups is 3. The van der Waals surface area contributed by atoms with Gasteiger partial charge in [-0.05, 0) is 71.2 Å². The summed E-state index contributed by atoms with van der Waals surface area (Å²) in [7, 11) is 1.54. The first-order valence-electron chi connectivity index (χ1n) is 11.1. The van der Waals surface area contributed by atoms with E-state index in [0.29, 0.717) is 16.3 Å². The van der Waals surface area contributed by atoms with Gasteiger partial charge >= 0.3 is 6.09 Å². The van der Waals surface area contributed by atoms with Crippen LogP contribution < -0.4 is 10.6 Å². The number of anilines is 1. The fraction of sp³-hybridized carbons (Fsp3) is 0.423. The van der Waals surface area contributed by atoms with Crippen molar-refractivity contribution in [2.75, 3.05) is 12.4 Å². The largest absolute Gasteiger partial charge is 0.444 e. The minimum Gasteiger partial charge on any atom is -0.444 e. The van der Waals surface area contributed by atoms with Gasteiger partial charge in [-0.3, -0.25) is 9.59 Å². The number of para-hydroxylation sites is 1. The molecule has 2 atom stereocenters. The van der Waals surface area contributed by atoms with Gasteiger partial charge in [0.1, 0.15) is 17.7 Å². The SMILES string of the molecule is Cc1ccc(C(C(=O)Nc2c(C)cccc2Cl)N(C)C(=O)C(C)NC(=O)OC(C)(C)C)c(C)c1. The lowest BCUT2D eigenvalue weighted by atomic mass is 9.97. The molecule has 2 N–H and O–H groups in total. The molecule has 0 aliphatic carbocycles. The maximum Gasteiger partial charge on any atom is 0.408 e. The van der Waals surface area contributed by atoms with Gasteiger partial charge in [0.25, 0.3) is 5.91 Å². The van der Waals surface area contributed by atoms with Crippen LogP contribution >= 0.6 is 11.6 Å². The molecule has 2 rings (SSSR count). The molecular weight excluding hydrogens is 454 g/mol. The van der Waals surface area contributed by atoms with Crippen molar-refractivity contribution in [3.8, 4) is 0 Å². The summed E-state index contributed by atoms with van der Waals surface area (Å²) >= 11 is 6.32. The number of hydrogen-bond acceptors (Lipinski definition) is 4. The van der Waals surface area contributed by atoms with Crippen LogP contribution in [0.3, 0.4) is 0 Å². The summed E-state index contributed by atoms with van der Waals surface area (Å²) in [6, 6.07) is 9.15. The minimum absolute atomic E-state index is 0.404. The normalized spacial score (nSPS) is 13.0. The molecule has 7 nitrogen and oxygen atoms in total. The number of ether oxygens (including phenoxy) is 1. The lowest BCUT2D eigenvalue weighted by Gasteiger charge is -2.31. The van der Waals surface area contributed by atoms with E-state index in [0.717, 1.165) is 16.7 Å². The second-order valence-electron chi connectivity index (χ2n) is 9.50. The van der Waals surface area contributed by atoms with Gasteiger partial charge in [0.05, 0.1) is 10.7 Å². The summed E-state index contributed by atoms with van der Waals surface area (Å²) in [5.74, 6) is -0.856. The topological polar surface area (TPSA) is 87.7 Å². The van der Waals surface area contributed by atoms with Crippen molar-refractivity contribution >= 4 is 35.2 Å². The Hall–Kier alpha value is -3.06. The van der Waals surface area contributed by atoms with E-state index in [-0.39, 0.29) is 0 Å². The smallest absolute Gasteiger partial charge is 0.408 e. The molecule has 8 heteroatoms. The van der Waals surface area contributed by atoms with Crippen molar-refractivity contribution in [1.29, 1.82) is 0 Å². The Morgan fingerprint density at radius 2 is 1.68 bits per heavy atom. The molecule has 0 saturated heterocycles. The number of hydrogen-bond donors (Lipinski definition) is 2. The molecule has 0 aliphatic rings. The van der Waals surface area contributed by atoms with E-state index in [1.165, 1.54) is 4.90 Å². The number of alkyl carbamates (subject to hydrolysis) is 1. The third-order valence-electron chi connectivity index (χ3n) is 5.28. The van der Waals surface area contributed by atoms with E-state index < -0.39 is 35.6 Å². The van der Waals surface area contributed by atoms with Crippen molar-refractivity contribution in [1.82, 2.24) is 10.2 Å². The van der Waals surface area contributed by atoms with Crippen molar-refractivity contribution in [2.45, 2.75) is 66.2 Å². The highest BCUT2D eigenvalue weighted by Gasteiger charge is 2.33. The number of carbonyl (C=O) groups excluding carboxylic acids is 3. The number of nitrogens with one attached hydrogen (secondary N) is 2. The van der Waals surface area contributed by atoms with E-state index in [2.05, 4.69) is 10.6 Å². The number of amides is 3. The molecule has 2 aromatic carbocycles. The van der Waals surface area contributed by atoms with Gasteiger partial charge in [-0.25, -0.2) is 4.79 Å². The minimum atomic E-state index is -0.952. The predicted molar refractivity (Wildman–Crippen MR) is 135 cm³/mol. The number of halogens is 1. The van der Waals surface area contributed by atoms with Crippen LogP contribution in [0.25, 0.3) is 0 Å². The molecule has 3 amide bonds. The van der Waals surface area contributed by atoms with Crippen LogP contribution in [0, 0.1) is 20.8 Å². The first kappa shape index (κ1) is 27.2. The Labute approximate surface area is 206 Å². The number of rotatable bonds is 6. The number of benzene rings is 2. The van der Waals surface area contributed by atoms with Crippen LogP contribution in [0.15, 0.2) is 36.4 Å². The highest BCUT2D eigenvalue weighted by atomic mass is 35.5. The highest BCUT2D eigenvalue weighted by Crippen LogP contribution is 2.30. The number of likely N-dealkylation sites (N-methyl/N-ethyl adjacent to an activating group) is 1. The summed E-state index contributed by atoms with van der Waals surface area (Å²) in [4.78, 5) is 40.3. The standard InChI is InChI=1S/C26H34ClN3O4/c1-15-12-13-19(17(3)14-15)22(23(31)29-21-16(2)10-9-11-20(21)27)30(8)24(32)18(4)28-25(33)34-26(5,6)7/h9-14,18,22H,1-8H3,(H,28,33)(H,29,31). The zero-order valence-electron chi connectivity index (χ0n) is 21.1. The third-order valence-corrected chi connectivity index (χ3v) is 5.59. The summed E-state index contributed by atoms with van der Waals surface area (Å²) in [6.45, 7) is 12.5. The zero-order valence-corrected chi connectivity index (χ0v) is 21.8. The van der Waals surface area contributed by atoms with Gasteiger partial charge < -0.3 is 20.3 Å². The molecular formula is C26H34ClN3O4. The molecule has 0 saturated carbocycles. The molecule has 0 bridgehead atoms. The quantitative estimate of drug-likeness (QED) is 0.577. The molecule has 34 heavy (non-hydrogen) atoms. The molecule has 0 aliphatic heterocycles. The number of nitrogens with zero attached hydrogens (tertiary/aromatic N) is 1. The van der Waals surface area contributed by atoms with Crippen LogP contribution in [0.1, 0.15) is 56.0 Å². The Morgan fingerprint density at radius 1 is 1.03 bits per heavy atom. The van der Waals surface area contributed by atoms with Gasteiger partial charge in [-0.2, -0.15) is 0 Å². The summed E-state index contributed by atoms with van der Waals surface area (Å²) < 4.78 is 5.25. The van der Waals surface area contributed by atoms with E-state index >= 15 is 0 Å². The van der Waals surface area contributed by atoms with E-state index in [4.69, 9.17) is 16.3 Å². The Balaban J connectivity index is 2.38. The van der Waals surface area contributed by atoms with Crippen LogP contribution in [0.5, 0.6) is 0 Å². The maximum atomic E-state index is 13.6. The Kier molecular flexibility index (Phi) is 8.72. The molecule has 0 aromatic heterocycles. The van der Waals surface area contributed by atoms with Crippen LogP contribution in [-0.4, -0.2) is 41.5 Å². The fourth-order valence-electron chi connectivity index (χ4n) is 3.62. The first-order valence-corrected chi connectivity index (χ1v) is 11.5. The van der Waals surface area contributed by atoms with Crippen molar-refractivity contribution in [3.63, 3.8) is 0 Å². The second-order valence-corrected chi connectivity index (χ2v) is 9.91. The Morgan fingerprint density at radius 3 is 2.24 bits per heavy atom. The lowest BCUT2D eigenvalue weighted by molar-refractivity contribution is -0.138. The summed E-state index contributed by atoms with van der Waals surface area (Å²) in [5, 5.41) is 5.84. The van der Waals surface area contributed by atoms with Crippen LogP contribution in [0.2, 0.25) is 5.02 Å². The summed E-state index contributed by atoms with van der Waals surface area (Å²) in [6.07, 6.45) is -0.707. The molecule has 0 spiro atoms. The van der Waals surface area contributed by atoms with Gasteiger partial charge in [-0.15, -0.1) is 0 Å². The van der Waals surface area contributed by atoms with E-state index in [1.54, 1.807) is 46.9 Å². The van der Waals surface area contributed by atoms with Gasteiger partial charge in [0, 0.05) is 7.05 Å². The first-order chi connectivity index (χ1) is 15.7. The zero-order chi connectivity index (χ0) is 25.8. The molecule has 2 aromatic rings. The number of aryl methyl sites for hydroxylation is 3. The van der Waals surface area contributed by atoms with Crippen LogP contribution in [0.4, 0.5) is 10.5 Å². The van der Waals surface area contributed by atoms with Crippen LogP contribution in [-0.2, 0) is 14.3 Å². The van der Waals surface area contributed by atoms with Crippen molar-refractivity contribution in [3.05, 3.63) is 63.7 Å². The second kappa shape index (κ2) is 10.9. The molecule has 0 fully saturated rings. The third kappa shape index (κ3) is 6.97. The van der Waals surface area contributed by atoms with E-state index in [9.17, 15) is 14.4 Å². The van der Waals surface area contributed by atoms with Gasteiger partial charge in [0.2, 0.25) is 5.91 Å². The molecule has 0 radical (unpaired) electrons. The summed E-state index contributed by atoms with van der Waals surface area (Å²) in [5.41, 5.74) is 3.17. The average Bonchev–Trinajstić information content (AvgIpc) is 2.70. The van der Waals surface area contributed by atoms with Gasteiger partial charge in [0.15, 0.2) is 0 Å². The average molecular weight is 488 g/mol. The molecule has 184 valence electrons. The molecule has 0 heterocycles. The lowest BCUT2D eigenvalue weighted by Crippen LogP contribution is -2.49. The maximum absolute atomic E-state index is 13.6.